The predicted octanol–water partition coefficient (Wildman–Crippen LogP) is 4.39. The van der Waals surface area contributed by atoms with E-state index >= 15 is 0 Å². The number of esters is 1. The highest BCUT2D eigenvalue weighted by atomic mass is 32.2. The molecule has 1 heterocycles. The second-order valence-electron chi connectivity index (χ2n) is 7.73. The van der Waals surface area contributed by atoms with E-state index in [0.29, 0.717) is 17.0 Å². The van der Waals surface area contributed by atoms with E-state index in [1.807, 2.05) is 0 Å². The van der Waals surface area contributed by atoms with Gasteiger partial charge in [0.1, 0.15) is 17.4 Å². The van der Waals surface area contributed by atoms with Crippen molar-refractivity contribution >= 4 is 43.9 Å². The zero-order valence-electron chi connectivity index (χ0n) is 18.4. The number of thiophene rings is 1. The Hall–Kier alpha value is -3.24. The van der Waals surface area contributed by atoms with Crippen LogP contribution < -0.4 is 9.62 Å². The molecule has 0 saturated carbocycles. The molecule has 2 aromatic carbocycles. The fraction of sp³-hybridized carbons (Fsp3) is 0.250. The van der Waals surface area contributed by atoms with Crippen molar-refractivity contribution in [3.05, 3.63) is 76.4 Å². The predicted molar refractivity (Wildman–Crippen MR) is 128 cm³/mol. The van der Waals surface area contributed by atoms with Crippen LogP contribution in [0.4, 0.5) is 15.1 Å². The maximum absolute atomic E-state index is 14.6. The number of rotatable bonds is 7. The Bertz CT molecular complexity index is 1320. The van der Waals surface area contributed by atoms with Crippen LogP contribution in [0.1, 0.15) is 33.6 Å². The number of hydrogen-bond donors (Lipinski definition) is 1. The van der Waals surface area contributed by atoms with Crippen LogP contribution in [0.3, 0.4) is 0 Å². The maximum Gasteiger partial charge on any atom is 0.341 e. The molecule has 10 heteroatoms. The molecule has 3 aromatic rings. The molecule has 0 spiro atoms. The average molecular weight is 503 g/mol. The highest BCUT2D eigenvalue weighted by Gasteiger charge is 2.31. The number of aryl methyl sites for hydroxylation is 1. The van der Waals surface area contributed by atoms with Crippen LogP contribution >= 0.6 is 11.3 Å². The van der Waals surface area contributed by atoms with Crippen molar-refractivity contribution in [2.75, 3.05) is 23.3 Å². The van der Waals surface area contributed by atoms with Crippen LogP contribution in [0.15, 0.2) is 59.5 Å². The summed E-state index contributed by atoms with van der Waals surface area (Å²) in [5, 5.41) is 2.99. The smallest absolute Gasteiger partial charge is 0.341 e. The molecule has 1 aliphatic carbocycles. The van der Waals surface area contributed by atoms with Gasteiger partial charge < -0.3 is 10.1 Å². The topological polar surface area (TPSA) is 92.8 Å². The monoisotopic (exact) mass is 502 g/mol. The first-order valence-electron chi connectivity index (χ1n) is 10.7. The Morgan fingerprint density at radius 2 is 1.74 bits per heavy atom. The van der Waals surface area contributed by atoms with Gasteiger partial charge >= 0.3 is 5.97 Å². The molecule has 0 fully saturated rings. The average Bonchev–Trinajstić information content (AvgIpc) is 3.20. The molecular formula is C24H23FN2O5S2. The van der Waals surface area contributed by atoms with Crippen LogP contribution in [0.25, 0.3) is 0 Å². The first-order valence-corrected chi connectivity index (χ1v) is 12.9. The van der Waals surface area contributed by atoms with E-state index in [-0.39, 0.29) is 10.6 Å². The molecule has 0 radical (unpaired) electrons. The van der Waals surface area contributed by atoms with Gasteiger partial charge in [-0.1, -0.05) is 30.3 Å². The van der Waals surface area contributed by atoms with E-state index in [1.54, 1.807) is 18.2 Å². The lowest BCUT2D eigenvalue weighted by Gasteiger charge is -2.24. The first kappa shape index (κ1) is 23.9. The van der Waals surface area contributed by atoms with Gasteiger partial charge in [-0.15, -0.1) is 11.3 Å². The molecule has 1 aliphatic rings. The van der Waals surface area contributed by atoms with Gasteiger partial charge in [-0.2, -0.15) is 0 Å². The normalized spacial score (nSPS) is 13.1. The summed E-state index contributed by atoms with van der Waals surface area (Å²) in [7, 11) is -2.98. The fourth-order valence-corrected chi connectivity index (χ4v) is 6.69. The number of ether oxygens (including phenoxy) is 1. The number of fused-ring (bicyclic) bond motifs is 1. The van der Waals surface area contributed by atoms with Crippen LogP contribution in [0, 0.1) is 5.82 Å². The second kappa shape index (κ2) is 9.94. The molecule has 0 unspecified atom stereocenters. The fourth-order valence-electron chi connectivity index (χ4n) is 3.94. The number of nitrogens with one attached hydrogen (secondary N) is 1. The molecule has 1 N–H and O–H groups in total. The lowest BCUT2D eigenvalue weighted by atomic mass is 9.95. The Kier molecular flexibility index (Phi) is 6.99. The summed E-state index contributed by atoms with van der Waals surface area (Å²) in [6.07, 6.45) is 3.41. The van der Waals surface area contributed by atoms with Crippen molar-refractivity contribution in [1.82, 2.24) is 0 Å². The van der Waals surface area contributed by atoms with Gasteiger partial charge in [-0.3, -0.25) is 9.10 Å². The summed E-state index contributed by atoms with van der Waals surface area (Å²) < 4.78 is 47.0. The molecule has 7 nitrogen and oxygen atoms in total. The lowest BCUT2D eigenvalue weighted by Crippen LogP contribution is -2.38. The van der Waals surface area contributed by atoms with Gasteiger partial charge in [-0.05, 0) is 55.5 Å². The SMILES string of the molecule is COC(=O)c1c(NC(=O)CN(c2ccccc2F)S(=O)(=O)c2ccccc2)sc2c1CCCC2. The van der Waals surface area contributed by atoms with E-state index in [4.69, 9.17) is 4.74 Å². The number of amides is 1. The van der Waals surface area contributed by atoms with Crippen molar-refractivity contribution in [3.63, 3.8) is 0 Å². The Labute approximate surface area is 201 Å². The molecule has 0 bridgehead atoms. The van der Waals surface area contributed by atoms with Gasteiger partial charge in [0.05, 0.1) is 23.3 Å². The zero-order valence-corrected chi connectivity index (χ0v) is 20.0. The minimum Gasteiger partial charge on any atom is -0.465 e. The number of para-hydroxylation sites is 1. The van der Waals surface area contributed by atoms with Crippen LogP contribution in [0.5, 0.6) is 0 Å². The molecular weight excluding hydrogens is 479 g/mol. The molecule has 1 amide bonds. The van der Waals surface area contributed by atoms with Crippen LogP contribution in [-0.4, -0.2) is 33.9 Å². The number of sulfonamides is 1. The van der Waals surface area contributed by atoms with Gasteiger partial charge in [-0.25, -0.2) is 17.6 Å². The molecule has 178 valence electrons. The van der Waals surface area contributed by atoms with Crippen molar-refractivity contribution in [1.29, 1.82) is 0 Å². The third-order valence-electron chi connectivity index (χ3n) is 5.55. The standard InChI is InChI=1S/C24H23FN2O5S2/c1-32-24(29)22-17-11-5-8-14-20(17)33-23(22)26-21(28)15-27(19-13-7-6-12-18(19)25)34(30,31)16-9-3-2-4-10-16/h2-4,6-7,9-10,12-13H,5,8,11,14-15H2,1H3,(H,26,28). The van der Waals surface area contributed by atoms with Crippen molar-refractivity contribution in [3.8, 4) is 0 Å². The number of halogens is 1. The van der Waals surface area contributed by atoms with Gasteiger partial charge in [0.25, 0.3) is 10.0 Å². The Balaban J connectivity index is 1.68. The summed E-state index contributed by atoms with van der Waals surface area (Å²) in [6, 6.07) is 12.9. The minimum atomic E-state index is -4.25. The largest absolute Gasteiger partial charge is 0.465 e. The first-order chi connectivity index (χ1) is 16.3. The number of nitrogens with zero attached hydrogens (tertiary/aromatic N) is 1. The molecule has 0 saturated heterocycles. The van der Waals surface area contributed by atoms with Crippen LogP contribution in [-0.2, 0) is 32.4 Å². The highest BCUT2D eigenvalue weighted by Crippen LogP contribution is 2.38. The number of carbonyl (C=O) groups is 2. The van der Waals surface area contributed by atoms with Crippen molar-refractivity contribution in [2.45, 2.75) is 30.6 Å². The van der Waals surface area contributed by atoms with E-state index in [9.17, 15) is 22.4 Å². The van der Waals surface area contributed by atoms with E-state index in [2.05, 4.69) is 5.32 Å². The lowest BCUT2D eigenvalue weighted by molar-refractivity contribution is -0.114. The van der Waals surface area contributed by atoms with E-state index in [0.717, 1.165) is 40.1 Å². The maximum atomic E-state index is 14.6. The zero-order chi connectivity index (χ0) is 24.3. The molecule has 1 aromatic heterocycles. The summed E-state index contributed by atoms with van der Waals surface area (Å²) in [6.45, 7) is -0.679. The van der Waals surface area contributed by atoms with Gasteiger partial charge in [0, 0.05) is 4.88 Å². The summed E-state index contributed by atoms with van der Waals surface area (Å²) in [4.78, 5) is 26.5. The third-order valence-corrected chi connectivity index (χ3v) is 8.53. The van der Waals surface area contributed by atoms with Crippen LogP contribution in [0.2, 0.25) is 0 Å². The quantitative estimate of drug-likeness (QED) is 0.484. The van der Waals surface area contributed by atoms with E-state index < -0.39 is 34.3 Å². The highest BCUT2D eigenvalue weighted by molar-refractivity contribution is 7.92. The van der Waals surface area contributed by atoms with Crippen molar-refractivity contribution < 1.29 is 27.1 Å². The summed E-state index contributed by atoms with van der Waals surface area (Å²) in [5.74, 6) is -2.04. The Morgan fingerprint density at radius 3 is 2.44 bits per heavy atom. The molecule has 0 atom stereocenters. The van der Waals surface area contributed by atoms with E-state index in [1.165, 1.54) is 48.8 Å². The minimum absolute atomic E-state index is 0.0760. The summed E-state index contributed by atoms with van der Waals surface area (Å²) in [5.41, 5.74) is 0.917. The van der Waals surface area contributed by atoms with Gasteiger partial charge in [0.2, 0.25) is 5.91 Å². The van der Waals surface area contributed by atoms with Crippen molar-refractivity contribution in [2.24, 2.45) is 0 Å². The number of hydrogen-bond acceptors (Lipinski definition) is 6. The Morgan fingerprint density at radius 1 is 1.06 bits per heavy atom. The number of carbonyl (C=O) groups excluding carboxylic acids is 2. The second-order valence-corrected chi connectivity index (χ2v) is 10.7. The molecule has 34 heavy (non-hydrogen) atoms. The molecule has 0 aliphatic heterocycles. The van der Waals surface area contributed by atoms with Gasteiger partial charge in [0.15, 0.2) is 0 Å². The molecule has 4 rings (SSSR count). The summed E-state index contributed by atoms with van der Waals surface area (Å²) >= 11 is 1.29. The number of benzene rings is 2. The third kappa shape index (κ3) is 4.69. The number of methoxy groups -OCH3 is 1. The number of anilines is 2.